The number of imidazole rings is 1. The Morgan fingerprint density at radius 3 is 2.29 bits per heavy atom. The molecule has 1 saturated heterocycles. The molecule has 2 aromatic rings. The summed E-state index contributed by atoms with van der Waals surface area (Å²) in [5.41, 5.74) is 0.707. The van der Waals surface area contributed by atoms with Gasteiger partial charge in [0.15, 0.2) is 11.2 Å². The third-order valence-electron chi connectivity index (χ3n) is 5.57. The van der Waals surface area contributed by atoms with Crippen molar-refractivity contribution in [3.05, 3.63) is 38.3 Å². The van der Waals surface area contributed by atoms with E-state index in [9.17, 15) is 14.4 Å². The molecule has 0 saturated carbocycles. The summed E-state index contributed by atoms with van der Waals surface area (Å²) in [6, 6.07) is 0. The summed E-state index contributed by atoms with van der Waals surface area (Å²) < 4.78 is 9.97. The van der Waals surface area contributed by atoms with E-state index in [1.165, 1.54) is 11.6 Å². The minimum absolute atomic E-state index is 0.0801. The predicted molar refractivity (Wildman–Crippen MR) is 119 cm³/mol. The van der Waals surface area contributed by atoms with Crippen molar-refractivity contribution < 1.29 is 9.53 Å². The molecule has 9 nitrogen and oxygen atoms in total. The molecule has 3 rings (SSSR count). The Morgan fingerprint density at radius 1 is 1.13 bits per heavy atom. The van der Waals surface area contributed by atoms with E-state index >= 15 is 0 Å². The van der Waals surface area contributed by atoms with Crippen molar-refractivity contribution in [2.24, 2.45) is 14.1 Å². The SMILES string of the molecule is CC(C)=CCn1c(C2CCN(C(=O)OC(C)(C)C)CC2)nc2c1c(=O)n(C)c(=O)n2C. The molecule has 1 aliphatic heterocycles. The van der Waals surface area contributed by atoms with Crippen LogP contribution in [-0.4, -0.2) is 48.4 Å². The summed E-state index contributed by atoms with van der Waals surface area (Å²) in [5, 5.41) is 0. The number of rotatable bonds is 3. The molecule has 9 heteroatoms. The number of nitrogens with zero attached hydrogens (tertiary/aromatic N) is 5. The van der Waals surface area contributed by atoms with Gasteiger partial charge in [0.1, 0.15) is 11.4 Å². The van der Waals surface area contributed by atoms with Crippen molar-refractivity contribution in [3.8, 4) is 0 Å². The molecule has 0 aromatic carbocycles. The number of carbonyl (C=O) groups is 1. The van der Waals surface area contributed by atoms with Crippen LogP contribution in [0.25, 0.3) is 11.2 Å². The van der Waals surface area contributed by atoms with Gasteiger partial charge in [-0.15, -0.1) is 0 Å². The van der Waals surface area contributed by atoms with Crippen molar-refractivity contribution in [3.63, 3.8) is 0 Å². The van der Waals surface area contributed by atoms with Gasteiger partial charge in [-0.2, -0.15) is 0 Å². The lowest BCUT2D eigenvalue weighted by atomic mass is 9.96. The van der Waals surface area contributed by atoms with Crippen LogP contribution in [-0.2, 0) is 25.4 Å². The second kappa shape index (κ2) is 8.36. The highest BCUT2D eigenvalue weighted by molar-refractivity contribution is 5.71. The molecule has 1 fully saturated rings. The van der Waals surface area contributed by atoms with Gasteiger partial charge in [-0.25, -0.2) is 14.6 Å². The lowest BCUT2D eigenvalue weighted by Crippen LogP contribution is -2.41. The number of aromatic nitrogens is 4. The highest BCUT2D eigenvalue weighted by Crippen LogP contribution is 2.30. The standard InChI is InChI=1S/C22H33N5O4/c1-14(2)8-13-27-16-18(24(6)20(29)25(7)19(16)28)23-17(27)15-9-11-26(12-10-15)21(30)31-22(3,4)5/h8,15H,9-13H2,1-7H3. The maximum absolute atomic E-state index is 12.9. The van der Waals surface area contributed by atoms with E-state index in [2.05, 4.69) is 0 Å². The number of carbonyl (C=O) groups excluding carboxylic acids is 1. The van der Waals surface area contributed by atoms with Gasteiger partial charge in [0.2, 0.25) is 0 Å². The van der Waals surface area contributed by atoms with Crippen LogP contribution in [0.1, 0.15) is 59.2 Å². The average Bonchev–Trinajstić information content (AvgIpc) is 3.07. The van der Waals surface area contributed by atoms with Crippen LogP contribution in [0.15, 0.2) is 21.2 Å². The first-order valence-corrected chi connectivity index (χ1v) is 10.7. The molecule has 0 N–H and O–H groups in total. The second-order valence-corrected chi connectivity index (χ2v) is 9.48. The van der Waals surface area contributed by atoms with Crippen molar-refractivity contribution in [2.45, 2.75) is 65.5 Å². The number of likely N-dealkylation sites (tertiary alicyclic amines) is 1. The second-order valence-electron chi connectivity index (χ2n) is 9.48. The molecule has 0 spiro atoms. The molecule has 2 aromatic heterocycles. The van der Waals surface area contributed by atoms with Crippen molar-refractivity contribution in [1.29, 1.82) is 0 Å². The molecule has 0 radical (unpaired) electrons. The van der Waals surface area contributed by atoms with E-state index in [-0.39, 0.29) is 17.6 Å². The summed E-state index contributed by atoms with van der Waals surface area (Å²) in [6.07, 6.45) is 3.17. The third-order valence-corrected chi connectivity index (χ3v) is 5.57. The van der Waals surface area contributed by atoms with Gasteiger partial charge < -0.3 is 14.2 Å². The maximum atomic E-state index is 12.9. The molecule has 0 aliphatic carbocycles. The molecule has 1 amide bonds. The number of hydrogen-bond acceptors (Lipinski definition) is 5. The van der Waals surface area contributed by atoms with Crippen LogP contribution in [0.5, 0.6) is 0 Å². The number of amides is 1. The number of ether oxygens (including phenoxy) is 1. The summed E-state index contributed by atoms with van der Waals surface area (Å²) in [5.74, 6) is 0.867. The zero-order chi connectivity index (χ0) is 23.1. The highest BCUT2D eigenvalue weighted by Gasteiger charge is 2.31. The van der Waals surface area contributed by atoms with Gasteiger partial charge in [-0.1, -0.05) is 11.6 Å². The Bertz CT molecular complexity index is 1130. The van der Waals surface area contributed by atoms with Crippen molar-refractivity contribution in [2.75, 3.05) is 13.1 Å². The number of aryl methyl sites for hydroxylation is 1. The van der Waals surface area contributed by atoms with Crippen LogP contribution in [0.2, 0.25) is 0 Å². The third kappa shape index (κ3) is 4.60. The Labute approximate surface area is 181 Å². The monoisotopic (exact) mass is 431 g/mol. The molecule has 170 valence electrons. The fraction of sp³-hybridized carbons (Fsp3) is 0.636. The number of fused-ring (bicyclic) bond motifs is 1. The van der Waals surface area contributed by atoms with Crippen LogP contribution in [0, 0.1) is 0 Å². The normalized spacial score (nSPS) is 15.4. The van der Waals surface area contributed by atoms with Gasteiger partial charge in [0, 0.05) is 39.6 Å². The lowest BCUT2D eigenvalue weighted by molar-refractivity contribution is 0.0202. The number of piperidine rings is 1. The Kier molecular flexibility index (Phi) is 6.16. The summed E-state index contributed by atoms with van der Waals surface area (Å²) >= 11 is 0. The van der Waals surface area contributed by atoms with Gasteiger partial charge in [-0.3, -0.25) is 13.9 Å². The molecular weight excluding hydrogens is 398 g/mol. The van der Waals surface area contributed by atoms with Gasteiger partial charge in [0.05, 0.1) is 0 Å². The summed E-state index contributed by atoms with van der Waals surface area (Å²) in [7, 11) is 3.12. The summed E-state index contributed by atoms with van der Waals surface area (Å²) in [4.78, 5) is 44.2. The van der Waals surface area contributed by atoms with Crippen LogP contribution < -0.4 is 11.2 Å². The van der Waals surface area contributed by atoms with E-state index < -0.39 is 11.3 Å². The number of hydrogen-bond donors (Lipinski definition) is 0. The van der Waals surface area contributed by atoms with E-state index in [0.29, 0.717) is 43.6 Å². The zero-order valence-corrected chi connectivity index (χ0v) is 19.6. The summed E-state index contributed by atoms with van der Waals surface area (Å²) in [6.45, 7) is 11.2. The number of allylic oxidation sites excluding steroid dienone is 2. The Morgan fingerprint density at radius 2 is 1.74 bits per heavy atom. The zero-order valence-electron chi connectivity index (χ0n) is 19.6. The fourth-order valence-corrected chi connectivity index (χ4v) is 3.88. The van der Waals surface area contributed by atoms with Gasteiger partial charge in [0.25, 0.3) is 5.56 Å². The largest absolute Gasteiger partial charge is 0.444 e. The van der Waals surface area contributed by atoms with E-state index in [1.54, 1.807) is 11.9 Å². The quantitative estimate of drug-likeness (QED) is 0.697. The minimum Gasteiger partial charge on any atom is -0.444 e. The molecule has 0 unspecified atom stereocenters. The average molecular weight is 432 g/mol. The first-order valence-electron chi connectivity index (χ1n) is 10.7. The first kappa shape index (κ1) is 22.8. The molecule has 1 aliphatic rings. The van der Waals surface area contributed by atoms with Crippen LogP contribution in [0.4, 0.5) is 4.79 Å². The lowest BCUT2D eigenvalue weighted by Gasteiger charge is -2.33. The minimum atomic E-state index is -0.531. The molecule has 0 bridgehead atoms. The van der Waals surface area contributed by atoms with Crippen LogP contribution >= 0.6 is 0 Å². The molecular formula is C22H33N5O4. The topological polar surface area (TPSA) is 91.4 Å². The van der Waals surface area contributed by atoms with Crippen molar-refractivity contribution >= 4 is 17.3 Å². The fourth-order valence-electron chi connectivity index (χ4n) is 3.88. The Balaban J connectivity index is 1.98. The highest BCUT2D eigenvalue weighted by atomic mass is 16.6. The predicted octanol–water partition coefficient (Wildman–Crippen LogP) is 2.51. The first-order chi connectivity index (χ1) is 14.4. The van der Waals surface area contributed by atoms with Gasteiger partial charge >= 0.3 is 11.8 Å². The van der Waals surface area contributed by atoms with E-state index in [1.807, 2.05) is 45.3 Å². The molecule has 3 heterocycles. The van der Waals surface area contributed by atoms with Crippen LogP contribution in [0.3, 0.4) is 0 Å². The van der Waals surface area contributed by atoms with E-state index in [0.717, 1.165) is 16.0 Å². The molecule has 31 heavy (non-hydrogen) atoms. The molecule has 0 atom stereocenters. The Hall–Kier alpha value is -2.84. The maximum Gasteiger partial charge on any atom is 0.410 e. The van der Waals surface area contributed by atoms with Gasteiger partial charge in [-0.05, 0) is 47.5 Å². The van der Waals surface area contributed by atoms with E-state index in [4.69, 9.17) is 9.72 Å². The van der Waals surface area contributed by atoms with Crippen molar-refractivity contribution in [1.82, 2.24) is 23.6 Å². The smallest absolute Gasteiger partial charge is 0.410 e.